The number of halogens is 1. The molecule has 120 valence electrons. The van der Waals surface area contributed by atoms with Crippen LogP contribution in [0.25, 0.3) is 0 Å². The first-order valence-electron chi connectivity index (χ1n) is 7.23. The van der Waals surface area contributed by atoms with Gasteiger partial charge in [-0.25, -0.2) is 0 Å². The van der Waals surface area contributed by atoms with E-state index >= 15 is 0 Å². The third-order valence-corrected chi connectivity index (χ3v) is 4.38. The van der Waals surface area contributed by atoms with Gasteiger partial charge in [-0.2, -0.15) is 0 Å². The number of hydrogen-bond donors (Lipinski definition) is 1. The van der Waals surface area contributed by atoms with Crippen molar-refractivity contribution in [2.45, 2.75) is 26.8 Å². The van der Waals surface area contributed by atoms with Crippen LogP contribution in [0.5, 0.6) is 0 Å². The topological polar surface area (TPSA) is 32.3 Å². The molecule has 0 aliphatic rings. The molecule has 22 heavy (non-hydrogen) atoms. The van der Waals surface area contributed by atoms with Crippen LogP contribution in [0.15, 0.2) is 36.4 Å². The van der Waals surface area contributed by atoms with Crippen molar-refractivity contribution < 1.29 is 4.79 Å². The second kappa shape index (κ2) is 8.93. The molecule has 1 amide bonds. The average molecular weight is 339 g/mol. The molecule has 0 aliphatic carbocycles. The minimum Gasteiger partial charge on any atom is -0.311 e. The Hall–Kier alpha value is -1.36. The highest BCUT2D eigenvalue weighted by atomic mass is 35.5. The lowest BCUT2D eigenvalue weighted by Crippen LogP contribution is -2.36. The number of nitrogens with one attached hydrogen (secondary N) is 1. The molecular formula is C17H23ClN2OS. The van der Waals surface area contributed by atoms with Crippen molar-refractivity contribution in [3.8, 4) is 0 Å². The van der Waals surface area contributed by atoms with Crippen LogP contribution < -0.4 is 10.2 Å². The normalized spacial score (nSPS) is 10.1. The van der Waals surface area contributed by atoms with Crippen LogP contribution in [0.3, 0.4) is 0 Å². The highest BCUT2D eigenvalue weighted by molar-refractivity contribution is 7.11. The Labute approximate surface area is 142 Å². The maximum Gasteiger partial charge on any atom is 0.241 e. The first-order chi connectivity index (χ1) is 10.1. The Morgan fingerprint density at radius 1 is 1.18 bits per heavy atom. The summed E-state index contributed by atoms with van der Waals surface area (Å²) >= 11 is 1.74. The smallest absolute Gasteiger partial charge is 0.241 e. The van der Waals surface area contributed by atoms with Gasteiger partial charge in [-0.3, -0.25) is 4.79 Å². The number of thiophene rings is 1. The average Bonchev–Trinajstić information content (AvgIpc) is 2.90. The molecule has 1 heterocycles. The van der Waals surface area contributed by atoms with Crippen LogP contribution in [0, 0.1) is 6.92 Å². The van der Waals surface area contributed by atoms with E-state index in [0.29, 0.717) is 13.1 Å². The summed E-state index contributed by atoms with van der Waals surface area (Å²) in [6.45, 7) is 5.20. The van der Waals surface area contributed by atoms with Gasteiger partial charge in [-0.05, 0) is 50.2 Å². The summed E-state index contributed by atoms with van der Waals surface area (Å²) in [6.07, 6.45) is 1.01. The van der Waals surface area contributed by atoms with E-state index in [0.717, 1.165) is 12.1 Å². The molecule has 1 aromatic heterocycles. The molecular weight excluding hydrogens is 316 g/mol. The SMILES string of the molecule is CCc1ccc(N(Cc2ccc(C)s2)C(=O)CNC)cc1.Cl. The van der Waals surface area contributed by atoms with E-state index in [-0.39, 0.29) is 18.3 Å². The van der Waals surface area contributed by atoms with Gasteiger partial charge < -0.3 is 10.2 Å². The van der Waals surface area contributed by atoms with Crippen LogP contribution in [0.1, 0.15) is 22.2 Å². The van der Waals surface area contributed by atoms with Gasteiger partial charge in [-0.15, -0.1) is 23.7 Å². The number of carbonyl (C=O) groups is 1. The third kappa shape index (κ3) is 4.83. The molecule has 5 heteroatoms. The number of anilines is 1. The van der Waals surface area contributed by atoms with E-state index in [2.05, 4.69) is 43.4 Å². The van der Waals surface area contributed by atoms with Crippen LogP contribution in [-0.4, -0.2) is 19.5 Å². The molecule has 2 rings (SSSR count). The van der Waals surface area contributed by atoms with Gasteiger partial charge in [0.1, 0.15) is 0 Å². The van der Waals surface area contributed by atoms with Gasteiger partial charge in [0.25, 0.3) is 0 Å². The number of amides is 1. The molecule has 0 radical (unpaired) electrons. The van der Waals surface area contributed by atoms with E-state index in [4.69, 9.17) is 0 Å². The molecule has 0 saturated heterocycles. The minimum atomic E-state index is 0. The maximum absolute atomic E-state index is 12.4. The van der Waals surface area contributed by atoms with E-state index < -0.39 is 0 Å². The summed E-state index contributed by atoms with van der Waals surface area (Å²) in [5, 5.41) is 2.94. The Bertz CT molecular complexity index is 595. The zero-order valence-corrected chi connectivity index (χ0v) is 14.9. The fourth-order valence-corrected chi connectivity index (χ4v) is 3.09. The quantitative estimate of drug-likeness (QED) is 0.869. The van der Waals surface area contributed by atoms with Crippen molar-refractivity contribution in [3.63, 3.8) is 0 Å². The zero-order chi connectivity index (χ0) is 15.2. The largest absolute Gasteiger partial charge is 0.311 e. The highest BCUT2D eigenvalue weighted by Gasteiger charge is 2.16. The van der Waals surface area contributed by atoms with E-state index in [9.17, 15) is 4.79 Å². The lowest BCUT2D eigenvalue weighted by Gasteiger charge is -2.22. The number of hydrogen-bond acceptors (Lipinski definition) is 3. The molecule has 0 unspecified atom stereocenters. The van der Waals surface area contributed by atoms with Gasteiger partial charge in [0.2, 0.25) is 5.91 Å². The lowest BCUT2D eigenvalue weighted by atomic mass is 10.1. The summed E-state index contributed by atoms with van der Waals surface area (Å²) in [7, 11) is 1.80. The molecule has 1 aromatic carbocycles. The molecule has 0 fully saturated rings. The maximum atomic E-state index is 12.4. The predicted molar refractivity (Wildman–Crippen MR) is 97.2 cm³/mol. The summed E-state index contributed by atoms with van der Waals surface area (Å²) < 4.78 is 0. The number of carbonyl (C=O) groups excluding carboxylic acids is 1. The van der Waals surface area contributed by atoms with Crippen LogP contribution in [0.2, 0.25) is 0 Å². The fourth-order valence-electron chi connectivity index (χ4n) is 2.21. The number of benzene rings is 1. The van der Waals surface area contributed by atoms with E-state index in [1.807, 2.05) is 17.0 Å². The van der Waals surface area contributed by atoms with E-state index in [1.54, 1.807) is 18.4 Å². The van der Waals surface area contributed by atoms with Crippen molar-refractivity contribution in [2.75, 3.05) is 18.5 Å². The lowest BCUT2D eigenvalue weighted by molar-refractivity contribution is -0.117. The number of rotatable bonds is 6. The van der Waals surface area contributed by atoms with Gasteiger partial charge >= 0.3 is 0 Å². The van der Waals surface area contributed by atoms with Crippen molar-refractivity contribution in [1.29, 1.82) is 0 Å². The molecule has 0 atom stereocenters. The second-order valence-electron chi connectivity index (χ2n) is 5.04. The minimum absolute atomic E-state index is 0. The first kappa shape index (κ1) is 18.7. The number of aryl methyl sites for hydroxylation is 2. The predicted octanol–water partition coefficient (Wildman–Crippen LogP) is 3.79. The van der Waals surface area contributed by atoms with Gasteiger partial charge in [0.05, 0.1) is 13.1 Å². The van der Waals surface area contributed by atoms with Gasteiger partial charge in [0.15, 0.2) is 0 Å². The molecule has 1 N–H and O–H groups in total. The van der Waals surface area contributed by atoms with Crippen LogP contribution in [0.4, 0.5) is 5.69 Å². The highest BCUT2D eigenvalue weighted by Crippen LogP contribution is 2.22. The van der Waals surface area contributed by atoms with E-state index in [1.165, 1.54) is 15.3 Å². The Morgan fingerprint density at radius 2 is 1.86 bits per heavy atom. The van der Waals surface area contributed by atoms with Gasteiger partial charge in [-0.1, -0.05) is 19.1 Å². The summed E-state index contributed by atoms with van der Waals surface area (Å²) in [4.78, 5) is 16.7. The van der Waals surface area contributed by atoms with Crippen molar-refractivity contribution in [3.05, 3.63) is 51.7 Å². The Balaban J connectivity index is 0.00000242. The second-order valence-corrected chi connectivity index (χ2v) is 6.42. The standard InChI is InChI=1S/C17H22N2OS.ClH/c1-4-14-6-8-15(9-7-14)19(17(20)11-18-3)12-16-10-5-13(2)21-16;/h5-10,18H,4,11-12H2,1-3H3;1H. The Kier molecular flexibility index (Phi) is 7.59. The zero-order valence-electron chi connectivity index (χ0n) is 13.3. The fraction of sp³-hybridized carbons (Fsp3) is 0.353. The summed E-state index contributed by atoms with van der Waals surface area (Å²) in [6, 6.07) is 12.4. The molecule has 0 spiro atoms. The molecule has 0 bridgehead atoms. The summed E-state index contributed by atoms with van der Waals surface area (Å²) in [5.41, 5.74) is 2.24. The molecule has 0 saturated carbocycles. The van der Waals surface area contributed by atoms with Crippen molar-refractivity contribution in [1.82, 2.24) is 5.32 Å². The van der Waals surface area contributed by atoms with Crippen molar-refractivity contribution >= 4 is 35.3 Å². The first-order valence-corrected chi connectivity index (χ1v) is 8.05. The monoisotopic (exact) mass is 338 g/mol. The summed E-state index contributed by atoms with van der Waals surface area (Å²) in [5.74, 6) is 0.0906. The van der Waals surface area contributed by atoms with Crippen LogP contribution >= 0.6 is 23.7 Å². The van der Waals surface area contributed by atoms with Gasteiger partial charge in [0, 0.05) is 15.4 Å². The Morgan fingerprint density at radius 3 is 2.36 bits per heavy atom. The third-order valence-electron chi connectivity index (χ3n) is 3.40. The van der Waals surface area contributed by atoms with Crippen LogP contribution in [-0.2, 0) is 17.8 Å². The number of nitrogens with zero attached hydrogens (tertiary/aromatic N) is 1. The molecule has 3 nitrogen and oxygen atoms in total. The molecule has 0 aliphatic heterocycles. The van der Waals surface area contributed by atoms with Crippen molar-refractivity contribution in [2.24, 2.45) is 0 Å². The number of likely N-dealkylation sites (N-methyl/N-ethyl adjacent to an activating group) is 1. The molecule has 2 aromatic rings.